The number of sulfone groups is 1. The lowest BCUT2D eigenvalue weighted by Gasteiger charge is -2.33. The minimum Gasteiger partial charge on any atom is -0.390 e. The molecule has 2 atom stereocenters. The number of hydrogen-bond acceptors (Lipinski definition) is 6. The first kappa shape index (κ1) is 17.8. The first-order valence-electron chi connectivity index (χ1n) is 6.40. The molecule has 0 radical (unpaired) electrons. The van der Waals surface area contributed by atoms with Gasteiger partial charge in [0.05, 0.1) is 28.5 Å². The number of hydrazine groups is 1. The first-order chi connectivity index (χ1) is 10.0. The molecule has 7 nitrogen and oxygen atoms in total. The second-order valence-corrected chi connectivity index (χ2v) is 10.2. The van der Waals surface area contributed by atoms with E-state index in [1.165, 1.54) is 31.2 Å². The van der Waals surface area contributed by atoms with Crippen LogP contribution in [0.1, 0.15) is 0 Å². The van der Waals surface area contributed by atoms with Crippen molar-refractivity contribution in [1.29, 1.82) is 0 Å². The van der Waals surface area contributed by atoms with Crippen LogP contribution in [0.2, 0.25) is 0 Å². The molecule has 22 heavy (non-hydrogen) atoms. The van der Waals surface area contributed by atoms with Gasteiger partial charge in [-0.2, -0.15) is 0 Å². The number of nitrogens with zero attached hydrogens (tertiary/aromatic N) is 2. The molecule has 0 aliphatic carbocycles. The van der Waals surface area contributed by atoms with Crippen LogP contribution in [-0.2, 0) is 19.9 Å². The molecule has 1 N–H and O–H groups in total. The molecular weight excluding hydrogens is 396 g/mol. The lowest BCUT2D eigenvalue weighted by atomic mass is 10.2. The molecule has 0 spiro atoms. The van der Waals surface area contributed by atoms with Gasteiger partial charge >= 0.3 is 0 Å². The minimum atomic E-state index is -3.97. The van der Waals surface area contributed by atoms with E-state index in [4.69, 9.17) is 0 Å². The highest BCUT2D eigenvalue weighted by molar-refractivity contribution is 9.10. The predicted octanol–water partition coefficient (Wildman–Crippen LogP) is 0.0743. The predicted molar refractivity (Wildman–Crippen MR) is 85.3 cm³/mol. The van der Waals surface area contributed by atoms with Crippen molar-refractivity contribution in [3.8, 4) is 0 Å². The molecule has 1 aliphatic rings. The Morgan fingerprint density at radius 3 is 2.14 bits per heavy atom. The van der Waals surface area contributed by atoms with Crippen molar-refractivity contribution in [2.45, 2.75) is 17.0 Å². The fraction of sp³-hybridized carbons (Fsp3) is 0.500. The van der Waals surface area contributed by atoms with E-state index in [-0.39, 0.29) is 4.90 Å². The Labute approximate surface area is 138 Å². The summed E-state index contributed by atoms with van der Waals surface area (Å²) < 4.78 is 50.6. The molecule has 1 fully saturated rings. The van der Waals surface area contributed by atoms with Crippen molar-refractivity contribution in [2.24, 2.45) is 0 Å². The van der Waals surface area contributed by atoms with Crippen LogP contribution in [0.4, 0.5) is 0 Å². The maximum Gasteiger partial charge on any atom is 0.256 e. The van der Waals surface area contributed by atoms with E-state index >= 15 is 0 Å². The summed E-state index contributed by atoms with van der Waals surface area (Å²) in [6.07, 6.45) is -1.25. The number of aliphatic hydroxyl groups excluding tert-OH is 1. The molecule has 1 aromatic rings. The number of halogens is 1. The second kappa shape index (κ2) is 6.17. The Hall–Kier alpha value is -0.520. The van der Waals surface area contributed by atoms with Gasteiger partial charge in [-0.25, -0.2) is 21.8 Å². The minimum absolute atomic E-state index is 0.0286. The standard InChI is InChI=1S/C12H17BrN2O5S2/c1-14(2)15(11-7-21(17,18)8-12(11)16)22(19,20)10-5-3-9(13)4-6-10/h3-6,11-12,16H,7-8H2,1-2H3/t11-,12-/m0/s1. The Morgan fingerprint density at radius 1 is 1.18 bits per heavy atom. The summed E-state index contributed by atoms with van der Waals surface area (Å²) in [5.41, 5.74) is 0. The normalized spacial score (nSPS) is 25.0. The molecule has 10 heteroatoms. The SMILES string of the molecule is CN(C)N([C@H]1CS(=O)(=O)C[C@@H]1O)S(=O)(=O)c1ccc(Br)cc1. The zero-order valence-corrected chi connectivity index (χ0v) is 15.3. The number of sulfonamides is 1. The maximum atomic E-state index is 12.8. The number of benzene rings is 1. The zero-order valence-electron chi connectivity index (χ0n) is 12.0. The van der Waals surface area contributed by atoms with Crippen LogP contribution in [0.3, 0.4) is 0 Å². The van der Waals surface area contributed by atoms with Gasteiger partial charge in [0.15, 0.2) is 9.84 Å². The maximum absolute atomic E-state index is 12.8. The Balaban J connectivity index is 2.46. The van der Waals surface area contributed by atoms with Crippen LogP contribution in [0.15, 0.2) is 33.6 Å². The van der Waals surface area contributed by atoms with E-state index in [0.717, 1.165) is 8.89 Å². The van der Waals surface area contributed by atoms with Gasteiger partial charge in [0.25, 0.3) is 10.0 Å². The molecular formula is C12H17BrN2O5S2. The molecule has 0 amide bonds. The lowest BCUT2D eigenvalue weighted by Crippen LogP contribution is -2.53. The fourth-order valence-electron chi connectivity index (χ4n) is 2.43. The van der Waals surface area contributed by atoms with Crippen molar-refractivity contribution < 1.29 is 21.9 Å². The molecule has 1 saturated heterocycles. The molecule has 1 aliphatic heterocycles. The number of aliphatic hydroxyl groups is 1. The Morgan fingerprint density at radius 2 is 1.73 bits per heavy atom. The van der Waals surface area contributed by atoms with Gasteiger partial charge in [0, 0.05) is 18.6 Å². The highest BCUT2D eigenvalue weighted by Gasteiger charge is 2.46. The third-order valence-electron chi connectivity index (χ3n) is 3.33. The topological polar surface area (TPSA) is 95.0 Å². The van der Waals surface area contributed by atoms with E-state index in [0.29, 0.717) is 0 Å². The highest BCUT2D eigenvalue weighted by atomic mass is 79.9. The van der Waals surface area contributed by atoms with Gasteiger partial charge in [-0.1, -0.05) is 15.9 Å². The fourth-order valence-corrected chi connectivity index (χ4v) is 6.24. The average molecular weight is 413 g/mol. The second-order valence-electron chi connectivity index (χ2n) is 5.29. The molecule has 0 saturated carbocycles. The van der Waals surface area contributed by atoms with Gasteiger partial charge in [0.1, 0.15) is 0 Å². The third kappa shape index (κ3) is 3.52. The molecule has 0 unspecified atom stereocenters. The Bertz CT molecular complexity index is 746. The summed E-state index contributed by atoms with van der Waals surface area (Å²) in [6.45, 7) is 0. The average Bonchev–Trinajstić information content (AvgIpc) is 2.62. The largest absolute Gasteiger partial charge is 0.390 e. The summed E-state index contributed by atoms with van der Waals surface area (Å²) in [7, 11) is -4.44. The van der Waals surface area contributed by atoms with Gasteiger partial charge < -0.3 is 5.11 Å². The molecule has 0 aromatic heterocycles. The van der Waals surface area contributed by atoms with Crippen molar-refractivity contribution >= 4 is 35.8 Å². The lowest BCUT2D eigenvalue weighted by molar-refractivity contribution is 0.0272. The third-order valence-corrected chi connectivity index (χ3v) is 7.51. The van der Waals surface area contributed by atoms with Crippen LogP contribution in [-0.4, -0.2) is 69.1 Å². The summed E-state index contributed by atoms with van der Waals surface area (Å²) in [5.74, 6) is -0.833. The number of hydrogen-bond donors (Lipinski definition) is 1. The monoisotopic (exact) mass is 412 g/mol. The molecule has 0 bridgehead atoms. The summed E-state index contributed by atoms with van der Waals surface area (Å²) in [4.78, 5) is 0.0286. The van der Waals surface area contributed by atoms with E-state index in [1.54, 1.807) is 12.1 Å². The molecule has 1 aromatic carbocycles. The molecule has 124 valence electrons. The molecule has 2 rings (SSSR count). The van der Waals surface area contributed by atoms with Crippen LogP contribution >= 0.6 is 15.9 Å². The van der Waals surface area contributed by atoms with E-state index in [9.17, 15) is 21.9 Å². The summed E-state index contributed by atoms with van der Waals surface area (Å²) >= 11 is 3.23. The quantitative estimate of drug-likeness (QED) is 0.703. The van der Waals surface area contributed by atoms with Gasteiger partial charge in [0.2, 0.25) is 0 Å². The van der Waals surface area contributed by atoms with Crippen LogP contribution < -0.4 is 0 Å². The van der Waals surface area contributed by atoms with E-state index in [1.807, 2.05) is 0 Å². The summed E-state index contributed by atoms with van der Waals surface area (Å²) in [5, 5.41) is 11.3. The van der Waals surface area contributed by atoms with Crippen LogP contribution in [0.5, 0.6) is 0 Å². The van der Waals surface area contributed by atoms with E-state index in [2.05, 4.69) is 15.9 Å². The van der Waals surface area contributed by atoms with Gasteiger partial charge in [-0.3, -0.25) is 0 Å². The van der Waals surface area contributed by atoms with Gasteiger partial charge in [-0.05, 0) is 24.3 Å². The van der Waals surface area contributed by atoms with Gasteiger partial charge in [-0.15, -0.1) is 4.41 Å². The van der Waals surface area contributed by atoms with Crippen molar-refractivity contribution in [3.63, 3.8) is 0 Å². The van der Waals surface area contributed by atoms with E-state index < -0.39 is 43.5 Å². The Kier molecular flexibility index (Phi) is 5.00. The van der Waals surface area contributed by atoms with Crippen molar-refractivity contribution in [3.05, 3.63) is 28.7 Å². The first-order valence-corrected chi connectivity index (χ1v) is 10.5. The van der Waals surface area contributed by atoms with Crippen LogP contribution in [0, 0.1) is 0 Å². The summed E-state index contributed by atoms with van der Waals surface area (Å²) in [6, 6.07) is 4.98. The molecule has 1 heterocycles. The van der Waals surface area contributed by atoms with Crippen molar-refractivity contribution in [2.75, 3.05) is 25.6 Å². The smallest absolute Gasteiger partial charge is 0.256 e. The van der Waals surface area contributed by atoms with Crippen molar-refractivity contribution in [1.82, 2.24) is 9.42 Å². The van der Waals surface area contributed by atoms with Crippen LogP contribution in [0.25, 0.3) is 0 Å². The number of rotatable bonds is 4. The highest BCUT2D eigenvalue weighted by Crippen LogP contribution is 2.26. The zero-order chi connectivity index (χ0) is 16.7.